The number of aromatic hydroxyl groups is 1. The molecule has 0 atom stereocenters. The third-order valence-corrected chi connectivity index (χ3v) is 1.25. The van der Waals surface area contributed by atoms with Crippen LogP contribution < -0.4 is 0 Å². The predicted molar refractivity (Wildman–Crippen MR) is 53.2 cm³/mol. The van der Waals surface area contributed by atoms with Crippen LogP contribution in [0.15, 0.2) is 43.0 Å². The van der Waals surface area contributed by atoms with Gasteiger partial charge in [-0.05, 0) is 18.6 Å². The molecule has 0 unspecified atom stereocenters. The quantitative estimate of drug-likeness (QED) is 0.664. The topological polar surface area (TPSA) is 20.2 Å². The summed E-state index contributed by atoms with van der Waals surface area (Å²) >= 11 is 0. The zero-order valence-corrected chi connectivity index (χ0v) is 7.53. The van der Waals surface area contributed by atoms with Crippen LogP contribution in [0.2, 0.25) is 0 Å². The lowest BCUT2D eigenvalue weighted by Gasteiger charge is -1.82. The van der Waals surface area contributed by atoms with E-state index < -0.39 is 0 Å². The number of phenols is 1. The van der Waals surface area contributed by atoms with Crippen LogP contribution in [-0.2, 0) is 0 Å². The minimum atomic E-state index is 0.322. The lowest BCUT2D eigenvalue weighted by molar-refractivity contribution is 0.475. The monoisotopic (exact) mass is 164 g/mol. The summed E-state index contributed by atoms with van der Waals surface area (Å²) in [6, 6.07) is 8.71. The average Bonchev–Trinajstić information content (AvgIpc) is 2.08. The van der Waals surface area contributed by atoms with Crippen LogP contribution in [0.1, 0.15) is 19.8 Å². The molecule has 1 aromatic rings. The van der Waals surface area contributed by atoms with E-state index in [0.717, 1.165) is 6.42 Å². The maximum atomic E-state index is 8.63. The third-order valence-electron chi connectivity index (χ3n) is 1.25. The van der Waals surface area contributed by atoms with Crippen LogP contribution in [0, 0.1) is 0 Å². The lowest BCUT2D eigenvalue weighted by atomic mass is 10.3. The highest BCUT2D eigenvalue weighted by Crippen LogP contribution is 2.02. The molecule has 66 valence electrons. The Balaban J connectivity index is 0.000000217. The van der Waals surface area contributed by atoms with Crippen molar-refractivity contribution < 1.29 is 5.11 Å². The molecule has 1 rings (SSSR count). The van der Waals surface area contributed by atoms with Gasteiger partial charge in [-0.2, -0.15) is 0 Å². The smallest absolute Gasteiger partial charge is 0.115 e. The van der Waals surface area contributed by atoms with Gasteiger partial charge in [0, 0.05) is 0 Å². The Morgan fingerprint density at radius 3 is 2.08 bits per heavy atom. The van der Waals surface area contributed by atoms with E-state index in [9.17, 15) is 0 Å². The van der Waals surface area contributed by atoms with Crippen LogP contribution in [-0.4, -0.2) is 5.11 Å². The highest BCUT2D eigenvalue weighted by Gasteiger charge is 1.74. The Morgan fingerprint density at radius 2 is 1.92 bits per heavy atom. The number of unbranched alkanes of at least 4 members (excludes halogenated alkanes) is 1. The molecule has 1 nitrogen and oxygen atoms in total. The van der Waals surface area contributed by atoms with E-state index in [-0.39, 0.29) is 0 Å². The number of para-hydroxylation sites is 1. The standard InChI is InChI=1S/C6H6O.C5H10/c7-6-4-2-1-3-5-6;1-3-5-4-2/h1-5,7H;3H,1,4-5H2,2H3. The van der Waals surface area contributed by atoms with E-state index in [2.05, 4.69) is 13.5 Å². The highest BCUT2D eigenvalue weighted by molar-refractivity contribution is 5.18. The highest BCUT2D eigenvalue weighted by atomic mass is 16.3. The fourth-order valence-electron chi connectivity index (χ4n) is 0.632. The third kappa shape index (κ3) is 6.87. The van der Waals surface area contributed by atoms with Gasteiger partial charge in [0.2, 0.25) is 0 Å². The first-order valence-corrected chi connectivity index (χ1v) is 4.16. The van der Waals surface area contributed by atoms with Gasteiger partial charge in [-0.15, -0.1) is 6.58 Å². The Kier molecular flexibility index (Phi) is 7.05. The molecule has 0 aliphatic rings. The number of rotatable bonds is 2. The maximum Gasteiger partial charge on any atom is 0.115 e. The van der Waals surface area contributed by atoms with Crippen molar-refractivity contribution >= 4 is 0 Å². The van der Waals surface area contributed by atoms with E-state index >= 15 is 0 Å². The summed E-state index contributed by atoms with van der Waals surface area (Å²) in [5, 5.41) is 8.63. The van der Waals surface area contributed by atoms with Gasteiger partial charge in [0.15, 0.2) is 0 Å². The molecule has 1 aromatic carbocycles. The van der Waals surface area contributed by atoms with Crippen molar-refractivity contribution in [2.75, 3.05) is 0 Å². The van der Waals surface area contributed by atoms with Crippen LogP contribution in [0.3, 0.4) is 0 Å². The summed E-state index contributed by atoms with van der Waals surface area (Å²) in [5.74, 6) is 0.322. The number of hydrogen-bond acceptors (Lipinski definition) is 1. The Bertz CT molecular complexity index is 191. The summed E-state index contributed by atoms with van der Waals surface area (Å²) in [7, 11) is 0. The summed E-state index contributed by atoms with van der Waals surface area (Å²) in [4.78, 5) is 0. The summed E-state index contributed by atoms with van der Waals surface area (Å²) in [5.41, 5.74) is 0. The lowest BCUT2D eigenvalue weighted by Crippen LogP contribution is -1.56. The second-order valence-electron chi connectivity index (χ2n) is 2.41. The van der Waals surface area contributed by atoms with Crippen LogP contribution in [0.5, 0.6) is 5.75 Å². The maximum absolute atomic E-state index is 8.63. The van der Waals surface area contributed by atoms with Gasteiger partial charge in [0.05, 0.1) is 0 Å². The number of benzene rings is 1. The van der Waals surface area contributed by atoms with Gasteiger partial charge in [-0.25, -0.2) is 0 Å². The molecule has 12 heavy (non-hydrogen) atoms. The first kappa shape index (κ1) is 10.8. The first-order chi connectivity index (χ1) is 5.81. The molecule has 0 saturated heterocycles. The van der Waals surface area contributed by atoms with Crippen molar-refractivity contribution in [3.63, 3.8) is 0 Å². The normalized spacial score (nSPS) is 8.08. The first-order valence-electron chi connectivity index (χ1n) is 4.16. The summed E-state index contributed by atoms with van der Waals surface area (Å²) in [6.07, 6.45) is 4.31. The van der Waals surface area contributed by atoms with Crippen molar-refractivity contribution in [1.82, 2.24) is 0 Å². The fraction of sp³-hybridized carbons (Fsp3) is 0.273. The minimum absolute atomic E-state index is 0.322. The van der Waals surface area contributed by atoms with E-state index in [0.29, 0.717) is 5.75 Å². The largest absolute Gasteiger partial charge is 0.508 e. The molecule has 0 aromatic heterocycles. The molecule has 0 heterocycles. The van der Waals surface area contributed by atoms with Gasteiger partial charge in [0.1, 0.15) is 5.75 Å². The zero-order valence-electron chi connectivity index (χ0n) is 7.53. The molecule has 0 radical (unpaired) electrons. The van der Waals surface area contributed by atoms with Crippen molar-refractivity contribution in [3.8, 4) is 5.75 Å². The number of hydrogen-bond donors (Lipinski definition) is 1. The SMILES string of the molecule is C=CCCC.Oc1ccccc1. The molecule has 1 heteroatoms. The summed E-state index contributed by atoms with van der Waals surface area (Å²) < 4.78 is 0. The Labute approximate surface area is 74.4 Å². The second kappa shape index (κ2) is 7.86. The predicted octanol–water partition coefficient (Wildman–Crippen LogP) is 3.36. The van der Waals surface area contributed by atoms with Crippen molar-refractivity contribution in [1.29, 1.82) is 0 Å². The molecular weight excluding hydrogens is 148 g/mol. The average molecular weight is 164 g/mol. The van der Waals surface area contributed by atoms with Crippen molar-refractivity contribution in [3.05, 3.63) is 43.0 Å². The van der Waals surface area contributed by atoms with E-state index in [1.165, 1.54) is 6.42 Å². The fourth-order valence-corrected chi connectivity index (χ4v) is 0.632. The minimum Gasteiger partial charge on any atom is -0.508 e. The molecule has 1 N–H and O–H groups in total. The summed E-state index contributed by atoms with van der Waals surface area (Å²) in [6.45, 7) is 5.69. The van der Waals surface area contributed by atoms with Crippen molar-refractivity contribution in [2.24, 2.45) is 0 Å². The second-order valence-corrected chi connectivity index (χ2v) is 2.41. The van der Waals surface area contributed by atoms with Gasteiger partial charge in [-0.1, -0.05) is 37.6 Å². The molecule has 0 saturated carbocycles. The van der Waals surface area contributed by atoms with Crippen LogP contribution >= 0.6 is 0 Å². The van der Waals surface area contributed by atoms with E-state index in [1.54, 1.807) is 24.3 Å². The van der Waals surface area contributed by atoms with E-state index in [4.69, 9.17) is 5.11 Å². The molecule has 0 bridgehead atoms. The van der Waals surface area contributed by atoms with Crippen LogP contribution in [0.4, 0.5) is 0 Å². The van der Waals surface area contributed by atoms with Crippen molar-refractivity contribution in [2.45, 2.75) is 19.8 Å². The van der Waals surface area contributed by atoms with Gasteiger partial charge < -0.3 is 5.11 Å². The number of allylic oxidation sites excluding steroid dienone is 1. The Hall–Kier alpha value is -1.24. The van der Waals surface area contributed by atoms with Gasteiger partial charge in [-0.3, -0.25) is 0 Å². The molecule has 0 spiro atoms. The molecule has 0 fully saturated rings. The molecule has 0 amide bonds. The number of phenolic OH excluding ortho intramolecular Hbond substituents is 1. The zero-order chi connectivity index (χ0) is 9.23. The Morgan fingerprint density at radius 1 is 1.33 bits per heavy atom. The van der Waals surface area contributed by atoms with E-state index in [1.807, 2.05) is 12.1 Å². The van der Waals surface area contributed by atoms with Gasteiger partial charge >= 0.3 is 0 Å². The molecular formula is C11H16O. The van der Waals surface area contributed by atoms with Crippen LogP contribution in [0.25, 0.3) is 0 Å². The molecule has 0 aliphatic carbocycles. The molecule has 0 aliphatic heterocycles. The van der Waals surface area contributed by atoms with Gasteiger partial charge in [0.25, 0.3) is 0 Å².